The number of carboxylic acids is 1. The molecule has 3 heteroatoms. The van der Waals surface area contributed by atoms with E-state index in [1.165, 1.54) is 19.3 Å². The van der Waals surface area contributed by atoms with E-state index in [0.29, 0.717) is 0 Å². The van der Waals surface area contributed by atoms with Gasteiger partial charge in [0.15, 0.2) is 0 Å². The monoisotopic (exact) mass is 199 g/mol. The van der Waals surface area contributed by atoms with Crippen LogP contribution in [0.5, 0.6) is 0 Å². The fourth-order valence-corrected chi connectivity index (χ4v) is 2.22. The highest BCUT2D eigenvalue weighted by molar-refractivity contribution is 5.68. The second kappa shape index (κ2) is 4.78. The van der Waals surface area contributed by atoms with E-state index >= 15 is 0 Å². The van der Waals surface area contributed by atoms with Crippen molar-refractivity contribution < 1.29 is 9.90 Å². The smallest absolute Gasteiger partial charge is 0.305 e. The van der Waals surface area contributed by atoms with Crippen LogP contribution in [-0.4, -0.2) is 34.6 Å². The van der Waals surface area contributed by atoms with E-state index in [1.807, 2.05) is 0 Å². The summed E-state index contributed by atoms with van der Waals surface area (Å²) in [5.74, 6) is -0.681. The third kappa shape index (κ3) is 2.71. The maximum atomic E-state index is 10.8. The second-order valence-electron chi connectivity index (χ2n) is 4.47. The molecule has 1 heterocycles. The van der Waals surface area contributed by atoms with Crippen molar-refractivity contribution in [2.75, 3.05) is 13.1 Å². The molecule has 1 aliphatic rings. The molecule has 0 amide bonds. The van der Waals surface area contributed by atoms with Gasteiger partial charge in [-0.25, -0.2) is 0 Å². The number of nitrogens with zero attached hydrogens (tertiary/aromatic N) is 1. The number of carbonyl (C=O) groups is 1. The van der Waals surface area contributed by atoms with Gasteiger partial charge < -0.3 is 5.11 Å². The van der Waals surface area contributed by atoms with Gasteiger partial charge in [0.25, 0.3) is 0 Å². The van der Waals surface area contributed by atoms with Crippen LogP contribution in [0.15, 0.2) is 0 Å². The van der Waals surface area contributed by atoms with Crippen LogP contribution < -0.4 is 0 Å². The lowest BCUT2D eigenvalue weighted by Gasteiger charge is -2.42. The van der Waals surface area contributed by atoms with Crippen LogP contribution >= 0.6 is 0 Å². The summed E-state index contributed by atoms with van der Waals surface area (Å²) in [4.78, 5) is 13.1. The summed E-state index contributed by atoms with van der Waals surface area (Å²) in [6, 6.07) is 0. The molecule has 1 unspecified atom stereocenters. The van der Waals surface area contributed by atoms with Crippen LogP contribution in [0, 0.1) is 0 Å². The lowest BCUT2D eigenvalue weighted by molar-refractivity contribution is -0.140. The first kappa shape index (κ1) is 11.5. The molecule has 1 atom stereocenters. The summed E-state index contributed by atoms with van der Waals surface area (Å²) in [7, 11) is 0. The van der Waals surface area contributed by atoms with Crippen molar-refractivity contribution in [3.05, 3.63) is 0 Å². The van der Waals surface area contributed by atoms with Crippen LogP contribution in [0.2, 0.25) is 0 Å². The zero-order chi connectivity index (χ0) is 10.6. The molecule has 0 saturated carbocycles. The number of carboxylic acid groups (broad SMARTS) is 1. The molecule has 3 nitrogen and oxygen atoms in total. The average molecular weight is 199 g/mol. The maximum Gasteiger partial charge on any atom is 0.305 e. The van der Waals surface area contributed by atoms with Gasteiger partial charge in [0.2, 0.25) is 0 Å². The topological polar surface area (TPSA) is 40.5 Å². The van der Waals surface area contributed by atoms with Crippen molar-refractivity contribution in [1.82, 2.24) is 4.90 Å². The molecular formula is C11H21NO2. The summed E-state index contributed by atoms with van der Waals surface area (Å²) < 4.78 is 0. The summed E-state index contributed by atoms with van der Waals surface area (Å²) in [5, 5.41) is 8.88. The van der Waals surface area contributed by atoms with Gasteiger partial charge in [-0.15, -0.1) is 0 Å². The van der Waals surface area contributed by atoms with E-state index in [2.05, 4.69) is 18.7 Å². The van der Waals surface area contributed by atoms with Gasteiger partial charge in [-0.1, -0.05) is 13.3 Å². The van der Waals surface area contributed by atoms with E-state index in [4.69, 9.17) is 5.11 Å². The van der Waals surface area contributed by atoms with Crippen LogP contribution in [0.25, 0.3) is 0 Å². The number of piperidine rings is 1. The number of hydrogen-bond donors (Lipinski definition) is 1. The predicted molar refractivity (Wildman–Crippen MR) is 56.4 cm³/mol. The predicted octanol–water partition coefficient (Wildman–Crippen LogP) is 2.12. The molecule has 14 heavy (non-hydrogen) atoms. The van der Waals surface area contributed by atoms with Gasteiger partial charge >= 0.3 is 5.97 Å². The lowest BCUT2D eigenvalue weighted by atomic mass is 9.90. The second-order valence-corrected chi connectivity index (χ2v) is 4.47. The van der Waals surface area contributed by atoms with Crippen molar-refractivity contribution in [3.63, 3.8) is 0 Å². The van der Waals surface area contributed by atoms with E-state index in [9.17, 15) is 4.79 Å². The Balaban J connectivity index is 2.61. The number of hydrogen-bond acceptors (Lipinski definition) is 2. The normalized spacial score (nSPS) is 23.0. The highest BCUT2D eigenvalue weighted by atomic mass is 16.4. The third-order valence-corrected chi connectivity index (χ3v) is 3.41. The Labute approximate surface area is 86.1 Å². The Bertz CT molecular complexity index is 199. The molecule has 1 N–H and O–H groups in total. The zero-order valence-corrected chi connectivity index (χ0v) is 9.25. The Morgan fingerprint density at radius 2 is 1.93 bits per heavy atom. The molecule has 1 fully saturated rings. The standard InChI is InChI=1S/C11H21NO2/c1-3-11(2,9-10(13)14)12-7-5-4-6-8-12/h3-9H2,1-2H3,(H,13,14). The zero-order valence-electron chi connectivity index (χ0n) is 9.25. The van der Waals surface area contributed by atoms with Crippen molar-refractivity contribution in [3.8, 4) is 0 Å². The number of rotatable bonds is 4. The molecule has 82 valence electrons. The third-order valence-electron chi connectivity index (χ3n) is 3.41. The fraction of sp³-hybridized carbons (Fsp3) is 0.909. The number of likely N-dealkylation sites (tertiary alicyclic amines) is 1. The molecule has 0 aromatic carbocycles. The van der Waals surface area contributed by atoms with E-state index < -0.39 is 5.97 Å². The Hall–Kier alpha value is -0.570. The first-order valence-corrected chi connectivity index (χ1v) is 5.55. The molecule has 1 saturated heterocycles. The first-order chi connectivity index (χ1) is 6.58. The van der Waals surface area contributed by atoms with E-state index in [-0.39, 0.29) is 12.0 Å². The van der Waals surface area contributed by atoms with Crippen LogP contribution in [0.1, 0.15) is 46.0 Å². The molecule has 0 aromatic rings. The summed E-state index contributed by atoms with van der Waals surface area (Å²) in [6.07, 6.45) is 4.91. The molecule has 0 radical (unpaired) electrons. The maximum absolute atomic E-state index is 10.8. The minimum atomic E-state index is -0.681. The first-order valence-electron chi connectivity index (χ1n) is 5.55. The van der Waals surface area contributed by atoms with Crippen molar-refractivity contribution >= 4 is 5.97 Å². The molecule has 1 rings (SSSR count). The largest absolute Gasteiger partial charge is 0.481 e. The van der Waals surface area contributed by atoms with Crippen molar-refractivity contribution in [1.29, 1.82) is 0 Å². The minimum absolute atomic E-state index is 0.133. The Morgan fingerprint density at radius 1 is 1.36 bits per heavy atom. The van der Waals surface area contributed by atoms with E-state index in [0.717, 1.165) is 19.5 Å². The van der Waals surface area contributed by atoms with Gasteiger partial charge in [-0.2, -0.15) is 0 Å². The van der Waals surface area contributed by atoms with E-state index in [1.54, 1.807) is 0 Å². The van der Waals surface area contributed by atoms with Crippen LogP contribution in [-0.2, 0) is 4.79 Å². The average Bonchev–Trinajstić information content (AvgIpc) is 2.18. The molecular weight excluding hydrogens is 178 g/mol. The van der Waals surface area contributed by atoms with Gasteiger partial charge in [0, 0.05) is 5.54 Å². The van der Waals surface area contributed by atoms with Gasteiger partial charge in [0.1, 0.15) is 0 Å². The molecule has 1 aliphatic heterocycles. The van der Waals surface area contributed by atoms with Crippen LogP contribution in [0.4, 0.5) is 0 Å². The summed E-state index contributed by atoms with van der Waals surface area (Å²) in [6.45, 7) is 6.29. The highest BCUT2D eigenvalue weighted by Gasteiger charge is 2.32. The highest BCUT2D eigenvalue weighted by Crippen LogP contribution is 2.27. The van der Waals surface area contributed by atoms with Gasteiger partial charge in [0.05, 0.1) is 6.42 Å². The quantitative estimate of drug-likeness (QED) is 0.754. The Kier molecular flexibility index (Phi) is 3.93. The molecule has 0 spiro atoms. The fourth-order valence-electron chi connectivity index (χ4n) is 2.22. The molecule has 0 bridgehead atoms. The minimum Gasteiger partial charge on any atom is -0.481 e. The lowest BCUT2D eigenvalue weighted by Crippen LogP contribution is -2.49. The van der Waals surface area contributed by atoms with Gasteiger partial charge in [-0.3, -0.25) is 9.69 Å². The van der Waals surface area contributed by atoms with Gasteiger partial charge in [-0.05, 0) is 39.3 Å². The summed E-state index contributed by atoms with van der Waals surface area (Å²) >= 11 is 0. The Morgan fingerprint density at radius 3 is 2.36 bits per heavy atom. The SMILES string of the molecule is CCC(C)(CC(=O)O)N1CCCCC1. The van der Waals surface area contributed by atoms with Crippen molar-refractivity contribution in [2.45, 2.75) is 51.5 Å². The molecule has 0 aromatic heterocycles. The summed E-state index contributed by atoms with van der Waals surface area (Å²) in [5.41, 5.74) is -0.133. The molecule has 0 aliphatic carbocycles. The number of aliphatic carboxylic acids is 1. The van der Waals surface area contributed by atoms with Crippen molar-refractivity contribution in [2.24, 2.45) is 0 Å². The van der Waals surface area contributed by atoms with Crippen LogP contribution in [0.3, 0.4) is 0 Å².